The quantitative estimate of drug-likeness (QED) is 0.766. The summed E-state index contributed by atoms with van der Waals surface area (Å²) in [7, 11) is 0. The lowest BCUT2D eigenvalue weighted by Gasteiger charge is -2.23. The lowest BCUT2D eigenvalue weighted by molar-refractivity contribution is -0.137. The number of fused-ring (bicyclic) bond motifs is 1. The van der Waals surface area contributed by atoms with Crippen LogP contribution in [0.2, 0.25) is 0 Å². The highest BCUT2D eigenvalue weighted by Gasteiger charge is 2.30. The van der Waals surface area contributed by atoms with Gasteiger partial charge in [-0.25, -0.2) is 4.98 Å². The Morgan fingerprint density at radius 1 is 1.24 bits per heavy atom. The third-order valence-electron chi connectivity index (χ3n) is 4.69. The molecule has 2 heterocycles. The fourth-order valence-electron chi connectivity index (χ4n) is 3.06. The normalized spacial score (nSPS) is 15.1. The van der Waals surface area contributed by atoms with Crippen molar-refractivity contribution in [3.05, 3.63) is 57.0 Å². The maximum absolute atomic E-state index is 12.9. The van der Waals surface area contributed by atoms with Crippen LogP contribution in [-0.2, 0) is 19.1 Å². The summed E-state index contributed by atoms with van der Waals surface area (Å²) in [6.45, 7) is 7.22. The predicted molar refractivity (Wildman–Crippen MR) is 104 cm³/mol. The van der Waals surface area contributed by atoms with Gasteiger partial charge in [-0.1, -0.05) is 26.0 Å². The van der Waals surface area contributed by atoms with E-state index in [1.54, 1.807) is 6.92 Å². The molecule has 3 rings (SSSR count). The van der Waals surface area contributed by atoms with E-state index in [2.05, 4.69) is 15.6 Å². The van der Waals surface area contributed by atoms with Crippen LogP contribution in [0.1, 0.15) is 49.2 Å². The number of hydrogen-bond donors (Lipinski definition) is 2. The van der Waals surface area contributed by atoms with Gasteiger partial charge in [0.15, 0.2) is 0 Å². The number of anilines is 1. The largest absolute Gasteiger partial charge is 0.416 e. The number of hydrogen-bond acceptors (Lipinski definition) is 5. The molecule has 0 saturated carbocycles. The highest BCUT2D eigenvalue weighted by molar-refractivity contribution is 5.37. The Kier molecular flexibility index (Phi) is 6.16. The summed E-state index contributed by atoms with van der Waals surface area (Å²) in [6, 6.07) is 4.54. The van der Waals surface area contributed by atoms with E-state index < -0.39 is 11.7 Å². The molecule has 0 radical (unpaired) electrons. The smallest absolute Gasteiger partial charge is 0.407 e. The number of aromatic nitrogens is 2. The molecule has 2 aromatic rings. The lowest BCUT2D eigenvalue weighted by Crippen LogP contribution is -2.39. The fourth-order valence-corrected chi connectivity index (χ4v) is 3.06. The number of halogens is 3. The third-order valence-corrected chi connectivity index (χ3v) is 4.69. The van der Waals surface area contributed by atoms with Crippen LogP contribution in [0.15, 0.2) is 29.1 Å². The molecule has 1 unspecified atom stereocenters. The molecule has 0 fully saturated rings. The van der Waals surface area contributed by atoms with Gasteiger partial charge in [0.1, 0.15) is 6.61 Å². The second-order valence-corrected chi connectivity index (χ2v) is 7.56. The Morgan fingerprint density at radius 3 is 2.55 bits per heavy atom. The van der Waals surface area contributed by atoms with Crippen molar-refractivity contribution >= 4 is 5.95 Å². The molecule has 2 N–H and O–H groups in total. The molecule has 1 aliphatic heterocycles. The van der Waals surface area contributed by atoms with Crippen LogP contribution in [0, 0.1) is 5.92 Å². The number of benzene rings is 1. The van der Waals surface area contributed by atoms with Crippen LogP contribution in [0.25, 0.3) is 0 Å². The number of rotatable bonds is 6. The first-order chi connectivity index (χ1) is 13.7. The van der Waals surface area contributed by atoms with Crippen molar-refractivity contribution in [1.29, 1.82) is 0 Å². The average molecular weight is 410 g/mol. The monoisotopic (exact) mass is 410 g/mol. The second kappa shape index (κ2) is 8.44. The van der Waals surface area contributed by atoms with Gasteiger partial charge < -0.3 is 15.5 Å². The van der Waals surface area contributed by atoms with E-state index in [0.29, 0.717) is 36.4 Å². The van der Waals surface area contributed by atoms with Crippen LogP contribution in [-0.4, -0.2) is 22.9 Å². The summed E-state index contributed by atoms with van der Waals surface area (Å²) in [5, 5.41) is 6.28. The maximum Gasteiger partial charge on any atom is 0.416 e. The van der Waals surface area contributed by atoms with Crippen molar-refractivity contribution in [1.82, 2.24) is 15.0 Å². The Balaban J connectivity index is 1.90. The van der Waals surface area contributed by atoms with Crippen molar-refractivity contribution in [2.24, 2.45) is 5.92 Å². The summed E-state index contributed by atoms with van der Waals surface area (Å²) in [6.07, 6.45) is -3.76. The summed E-state index contributed by atoms with van der Waals surface area (Å²) in [4.78, 5) is 23.2. The van der Waals surface area contributed by atoms with E-state index >= 15 is 0 Å². The maximum atomic E-state index is 12.9. The first-order valence-corrected chi connectivity index (χ1v) is 9.59. The van der Waals surface area contributed by atoms with Gasteiger partial charge in [-0.05, 0) is 30.5 Å². The van der Waals surface area contributed by atoms with Gasteiger partial charge in [0.2, 0.25) is 5.95 Å². The molecular formula is C20H25F3N4O2. The van der Waals surface area contributed by atoms with Crippen LogP contribution < -0.4 is 21.0 Å². The molecule has 6 nitrogen and oxygen atoms in total. The molecule has 1 atom stereocenters. The average Bonchev–Trinajstić information content (AvgIpc) is 2.67. The molecule has 1 aromatic carbocycles. The molecule has 0 bridgehead atoms. The second-order valence-electron chi connectivity index (χ2n) is 7.56. The van der Waals surface area contributed by atoms with Gasteiger partial charge >= 0.3 is 6.18 Å². The Bertz CT molecular complexity index is 908. The molecule has 0 aliphatic carbocycles. The highest BCUT2D eigenvalue weighted by Crippen LogP contribution is 2.30. The SMILES string of the molecule is CC(C)COn1c(NC(C)c2ccc(C(F)(F)F)cc2)nc2c(c1=O)CNCC2. The fraction of sp³-hybridized carbons (Fsp3) is 0.500. The zero-order chi connectivity index (χ0) is 21.2. The first-order valence-electron chi connectivity index (χ1n) is 9.59. The molecular weight excluding hydrogens is 385 g/mol. The summed E-state index contributed by atoms with van der Waals surface area (Å²) in [5.41, 5.74) is 0.949. The van der Waals surface area contributed by atoms with Gasteiger partial charge in [0.25, 0.3) is 5.56 Å². The van der Waals surface area contributed by atoms with Crippen molar-refractivity contribution in [2.45, 2.75) is 46.0 Å². The van der Waals surface area contributed by atoms with E-state index in [4.69, 9.17) is 4.84 Å². The van der Waals surface area contributed by atoms with E-state index in [9.17, 15) is 18.0 Å². The lowest BCUT2D eigenvalue weighted by atomic mass is 10.1. The first kappa shape index (κ1) is 21.2. The predicted octanol–water partition coefficient (Wildman–Crippen LogP) is 3.17. The van der Waals surface area contributed by atoms with Gasteiger partial charge in [-0.2, -0.15) is 13.2 Å². The standard InChI is InChI=1S/C20H25F3N4O2/c1-12(2)11-29-27-18(28)16-10-24-9-8-17(16)26-19(27)25-13(3)14-4-6-15(7-5-14)20(21,22)23/h4-7,12-13,24H,8-11H2,1-3H3,(H,25,26). The summed E-state index contributed by atoms with van der Waals surface area (Å²) >= 11 is 0. The van der Waals surface area contributed by atoms with Crippen molar-refractivity contribution in [2.75, 3.05) is 18.5 Å². The van der Waals surface area contributed by atoms with Crippen molar-refractivity contribution in [3.63, 3.8) is 0 Å². The molecule has 0 saturated heterocycles. The minimum atomic E-state index is -4.38. The van der Waals surface area contributed by atoms with Crippen LogP contribution in [0.4, 0.5) is 19.1 Å². The third kappa shape index (κ3) is 4.90. The Hall–Kier alpha value is -2.55. The zero-order valence-electron chi connectivity index (χ0n) is 16.6. The van der Waals surface area contributed by atoms with Crippen molar-refractivity contribution < 1.29 is 18.0 Å². The molecule has 0 amide bonds. The number of alkyl halides is 3. The van der Waals surface area contributed by atoms with E-state index in [0.717, 1.165) is 23.4 Å². The number of nitrogens with one attached hydrogen (secondary N) is 2. The van der Waals surface area contributed by atoms with Crippen LogP contribution in [0.3, 0.4) is 0 Å². The molecule has 1 aliphatic rings. The van der Waals surface area contributed by atoms with Gasteiger partial charge in [0.05, 0.1) is 22.9 Å². The molecule has 0 spiro atoms. The minimum absolute atomic E-state index is 0.205. The highest BCUT2D eigenvalue weighted by atomic mass is 19.4. The minimum Gasteiger partial charge on any atom is -0.407 e. The van der Waals surface area contributed by atoms with Crippen LogP contribution in [0.5, 0.6) is 0 Å². The van der Waals surface area contributed by atoms with Gasteiger partial charge in [0, 0.05) is 19.5 Å². The zero-order valence-corrected chi connectivity index (χ0v) is 16.6. The Morgan fingerprint density at radius 2 is 1.93 bits per heavy atom. The van der Waals surface area contributed by atoms with E-state index in [-0.39, 0.29) is 23.5 Å². The summed E-state index contributed by atoms with van der Waals surface area (Å²) < 4.78 is 39.5. The van der Waals surface area contributed by atoms with Crippen LogP contribution >= 0.6 is 0 Å². The molecule has 158 valence electrons. The van der Waals surface area contributed by atoms with E-state index in [1.165, 1.54) is 12.1 Å². The van der Waals surface area contributed by atoms with Gasteiger partial charge in [-0.3, -0.25) is 4.79 Å². The van der Waals surface area contributed by atoms with Gasteiger partial charge in [-0.15, -0.1) is 4.73 Å². The topological polar surface area (TPSA) is 68.2 Å². The number of nitrogens with zero attached hydrogens (tertiary/aromatic N) is 2. The molecule has 29 heavy (non-hydrogen) atoms. The summed E-state index contributed by atoms with van der Waals surface area (Å²) in [5.74, 6) is 0.458. The molecule has 9 heteroatoms. The molecule has 1 aromatic heterocycles. The van der Waals surface area contributed by atoms with E-state index in [1.807, 2.05) is 13.8 Å². The Labute approximate surface area is 167 Å². The van der Waals surface area contributed by atoms with Crippen molar-refractivity contribution in [3.8, 4) is 0 Å².